The first-order chi connectivity index (χ1) is 15.7. The molecule has 1 atom stereocenters. The molecule has 3 aromatic heterocycles. The highest BCUT2D eigenvalue weighted by atomic mass is 19.3. The summed E-state index contributed by atoms with van der Waals surface area (Å²) in [4.78, 5) is 21.2. The summed E-state index contributed by atoms with van der Waals surface area (Å²) >= 11 is 0. The second kappa shape index (κ2) is 9.01. The molecule has 4 aromatic rings. The Bertz CT molecular complexity index is 1360. The molecule has 0 saturated carbocycles. The van der Waals surface area contributed by atoms with Crippen molar-refractivity contribution in [3.63, 3.8) is 0 Å². The lowest BCUT2D eigenvalue weighted by atomic mass is 10.0. The molecule has 0 radical (unpaired) electrons. The lowest BCUT2D eigenvalue weighted by molar-refractivity contribution is 0.142. The maximum atomic E-state index is 13.6. The molecule has 0 aliphatic rings. The number of hydrogen-bond acceptors (Lipinski definition) is 4. The van der Waals surface area contributed by atoms with E-state index in [1.807, 2.05) is 42.8 Å². The van der Waals surface area contributed by atoms with Gasteiger partial charge in [0.15, 0.2) is 0 Å². The summed E-state index contributed by atoms with van der Waals surface area (Å²) < 4.78 is 43.6. The Morgan fingerprint density at radius 3 is 2.52 bits per heavy atom. The molecule has 6 nitrogen and oxygen atoms in total. The standard InChI is InChI=1S/C24H22F3N5O/c1-14-6-17(4-5-22(14)31-12-15(2)29-13-31)7-18-9-21(23(26)27)30-32(24(18)33)16(3)19-8-20(25)11-28-10-19/h4-6,8-13,16,23H,7H2,1-3H3/t16-/m0/s1. The molecule has 0 N–H and O–H groups in total. The maximum absolute atomic E-state index is 13.6. The van der Waals surface area contributed by atoms with E-state index in [1.165, 1.54) is 12.3 Å². The number of halogens is 3. The van der Waals surface area contributed by atoms with Crippen molar-refractivity contribution in [2.24, 2.45) is 0 Å². The van der Waals surface area contributed by atoms with E-state index >= 15 is 0 Å². The second-order valence-electron chi connectivity index (χ2n) is 7.98. The first-order valence-corrected chi connectivity index (χ1v) is 10.3. The molecular formula is C24H22F3N5O. The zero-order valence-corrected chi connectivity index (χ0v) is 18.3. The number of pyridine rings is 1. The van der Waals surface area contributed by atoms with Crippen molar-refractivity contribution in [1.82, 2.24) is 24.3 Å². The van der Waals surface area contributed by atoms with Gasteiger partial charge in [-0.3, -0.25) is 9.78 Å². The van der Waals surface area contributed by atoms with Gasteiger partial charge in [-0.25, -0.2) is 22.8 Å². The number of aryl methyl sites for hydroxylation is 2. The van der Waals surface area contributed by atoms with Gasteiger partial charge >= 0.3 is 0 Å². The van der Waals surface area contributed by atoms with Crippen LogP contribution in [0.1, 0.15) is 53.0 Å². The summed E-state index contributed by atoms with van der Waals surface area (Å²) in [6, 6.07) is 7.25. The molecule has 1 aromatic carbocycles. The average molecular weight is 453 g/mol. The van der Waals surface area contributed by atoms with Gasteiger partial charge in [0.2, 0.25) is 0 Å². The smallest absolute Gasteiger partial charge is 0.282 e. The minimum atomic E-state index is -2.86. The number of imidazole rings is 1. The van der Waals surface area contributed by atoms with Crippen LogP contribution < -0.4 is 5.56 Å². The quantitative estimate of drug-likeness (QED) is 0.424. The molecule has 0 aliphatic heterocycles. The summed E-state index contributed by atoms with van der Waals surface area (Å²) in [6.45, 7) is 5.43. The fraction of sp³-hybridized carbons (Fsp3) is 0.250. The Kier molecular flexibility index (Phi) is 6.13. The molecule has 0 unspecified atom stereocenters. The Labute approximate surface area is 188 Å². The number of rotatable bonds is 6. The van der Waals surface area contributed by atoms with Crippen LogP contribution in [0.2, 0.25) is 0 Å². The molecule has 4 rings (SSSR count). The minimum Gasteiger partial charge on any atom is -0.306 e. The topological polar surface area (TPSA) is 65.6 Å². The molecule has 3 heterocycles. The van der Waals surface area contributed by atoms with Gasteiger partial charge in [0.1, 0.15) is 11.5 Å². The zero-order valence-electron chi connectivity index (χ0n) is 18.3. The highest BCUT2D eigenvalue weighted by Crippen LogP contribution is 2.22. The predicted octanol–water partition coefficient (Wildman–Crippen LogP) is 4.72. The van der Waals surface area contributed by atoms with Gasteiger partial charge in [-0.05, 0) is 55.7 Å². The van der Waals surface area contributed by atoms with E-state index in [9.17, 15) is 18.0 Å². The van der Waals surface area contributed by atoms with Gasteiger partial charge in [0.25, 0.3) is 12.0 Å². The zero-order chi connectivity index (χ0) is 23.7. The molecule has 0 amide bonds. The van der Waals surface area contributed by atoms with Crippen molar-refractivity contribution in [3.05, 3.63) is 105 Å². The van der Waals surface area contributed by atoms with E-state index in [4.69, 9.17) is 0 Å². The Morgan fingerprint density at radius 1 is 1.09 bits per heavy atom. The summed E-state index contributed by atoms with van der Waals surface area (Å²) in [5, 5.41) is 3.85. The number of alkyl halides is 2. The van der Waals surface area contributed by atoms with Crippen molar-refractivity contribution in [2.75, 3.05) is 0 Å². The Hall–Kier alpha value is -3.75. The van der Waals surface area contributed by atoms with Gasteiger partial charge in [-0.15, -0.1) is 0 Å². The predicted molar refractivity (Wildman–Crippen MR) is 117 cm³/mol. The Morgan fingerprint density at radius 2 is 1.88 bits per heavy atom. The third kappa shape index (κ3) is 4.72. The largest absolute Gasteiger partial charge is 0.306 e. The van der Waals surface area contributed by atoms with Crippen molar-refractivity contribution in [1.29, 1.82) is 0 Å². The van der Waals surface area contributed by atoms with Crippen LogP contribution in [0, 0.1) is 19.7 Å². The summed E-state index contributed by atoms with van der Waals surface area (Å²) in [5.41, 5.74) is 3.09. The molecule has 0 saturated heterocycles. The second-order valence-corrected chi connectivity index (χ2v) is 7.98. The fourth-order valence-electron chi connectivity index (χ4n) is 3.77. The lowest BCUT2D eigenvalue weighted by Crippen LogP contribution is -2.30. The SMILES string of the molecule is Cc1cn(-c2ccc(Cc3cc(C(F)F)nn([C@@H](C)c4cncc(F)c4)c3=O)cc2C)cn1. The molecular weight excluding hydrogens is 431 g/mol. The van der Waals surface area contributed by atoms with Gasteiger partial charge in [-0.2, -0.15) is 5.10 Å². The van der Waals surface area contributed by atoms with Gasteiger partial charge in [0, 0.05) is 30.1 Å². The molecule has 0 aliphatic carbocycles. The summed E-state index contributed by atoms with van der Waals surface area (Å²) in [6.07, 6.45) is 3.33. The van der Waals surface area contributed by atoms with Crippen molar-refractivity contribution < 1.29 is 13.2 Å². The van der Waals surface area contributed by atoms with Crippen LogP contribution in [0.4, 0.5) is 13.2 Å². The summed E-state index contributed by atoms with van der Waals surface area (Å²) in [5.74, 6) is -0.582. The first kappa shape index (κ1) is 22.4. The normalized spacial score (nSPS) is 12.3. The van der Waals surface area contributed by atoms with Gasteiger partial charge in [-0.1, -0.05) is 12.1 Å². The highest BCUT2D eigenvalue weighted by Gasteiger charge is 2.20. The van der Waals surface area contributed by atoms with Crippen LogP contribution in [-0.2, 0) is 6.42 Å². The Balaban J connectivity index is 1.72. The average Bonchev–Trinajstić information content (AvgIpc) is 3.20. The minimum absolute atomic E-state index is 0.152. The maximum Gasteiger partial charge on any atom is 0.282 e. The molecule has 170 valence electrons. The van der Waals surface area contributed by atoms with E-state index in [0.29, 0.717) is 5.56 Å². The van der Waals surface area contributed by atoms with Crippen LogP contribution in [0.5, 0.6) is 0 Å². The number of benzene rings is 1. The van der Waals surface area contributed by atoms with Crippen molar-refractivity contribution >= 4 is 0 Å². The summed E-state index contributed by atoms with van der Waals surface area (Å²) in [7, 11) is 0. The molecule has 0 spiro atoms. The number of hydrogen-bond donors (Lipinski definition) is 0. The van der Waals surface area contributed by atoms with Crippen LogP contribution in [0.3, 0.4) is 0 Å². The molecule has 0 fully saturated rings. The lowest BCUT2D eigenvalue weighted by Gasteiger charge is -2.17. The van der Waals surface area contributed by atoms with Crippen LogP contribution in [-0.4, -0.2) is 24.3 Å². The van der Waals surface area contributed by atoms with Crippen molar-refractivity contribution in [2.45, 2.75) is 39.7 Å². The van der Waals surface area contributed by atoms with Crippen molar-refractivity contribution in [3.8, 4) is 5.69 Å². The number of aromatic nitrogens is 5. The van der Waals surface area contributed by atoms with E-state index in [0.717, 1.165) is 39.5 Å². The van der Waals surface area contributed by atoms with Crippen LogP contribution >= 0.6 is 0 Å². The van der Waals surface area contributed by atoms with Gasteiger partial charge < -0.3 is 4.57 Å². The highest BCUT2D eigenvalue weighted by molar-refractivity contribution is 5.44. The van der Waals surface area contributed by atoms with E-state index in [1.54, 1.807) is 13.3 Å². The third-order valence-electron chi connectivity index (χ3n) is 5.47. The monoisotopic (exact) mass is 453 g/mol. The first-order valence-electron chi connectivity index (χ1n) is 10.3. The van der Waals surface area contributed by atoms with E-state index in [2.05, 4.69) is 15.1 Å². The molecule has 0 bridgehead atoms. The van der Waals surface area contributed by atoms with Gasteiger partial charge in [0.05, 0.1) is 24.3 Å². The third-order valence-corrected chi connectivity index (χ3v) is 5.47. The fourth-order valence-corrected chi connectivity index (χ4v) is 3.77. The number of nitrogens with zero attached hydrogens (tertiary/aromatic N) is 5. The van der Waals surface area contributed by atoms with E-state index < -0.39 is 29.5 Å². The van der Waals surface area contributed by atoms with Crippen LogP contribution in [0.15, 0.2) is 60.0 Å². The molecule has 33 heavy (non-hydrogen) atoms. The molecule has 9 heteroatoms. The van der Waals surface area contributed by atoms with Crippen LogP contribution in [0.25, 0.3) is 5.69 Å². The van der Waals surface area contributed by atoms with E-state index in [-0.39, 0.29) is 12.0 Å².